The average molecular weight is 386 g/mol. The van der Waals surface area contributed by atoms with Crippen molar-refractivity contribution >= 4 is 23.8 Å². The Morgan fingerprint density at radius 3 is 2.41 bits per heavy atom. The van der Waals surface area contributed by atoms with Gasteiger partial charge in [-0.1, -0.05) is 30.3 Å². The molecular weight excluding hydrogens is 367 g/mol. The smallest absolute Gasteiger partial charge is 0.251 e. The van der Waals surface area contributed by atoms with Crippen LogP contribution in [0, 0.1) is 5.82 Å². The SMILES string of the molecule is CC1=c2ncc(C=O)cc2=CCC1NC(=O)c1ccc(-c2ccc(F)cc2)cc1. The summed E-state index contributed by atoms with van der Waals surface area (Å²) < 4.78 is 13.1. The first-order chi connectivity index (χ1) is 14.0. The van der Waals surface area contributed by atoms with Crippen LogP contribution >= 0.6 is 0 Å². The number of nitrogens with one attached hydrogen (secondary N) is 1. The van der Waals surface area contributed by atoms with Crippen molar-refractivity contribution < 1.29 is 14.0 Å². The summed E-state index contributed by atoms with van der Waals surface area (Å²) in [6, 6.07) is 15.1. The summed E-state index contributed by atoms with van der Waals surface area (Å²) in [6.07, 6.45) is 4.95. The summed E-state index contributed by atoms with van der Waals surface area (Å²) in [7, 11) is 0. The number of benzene rings is 2. The highest BCUT2D eigenvalue weighted by atomic mass is 19.1. The molecule has 3 aromatic rings. The molecule has 5 heteroatoms. The van der Waals surface area contributed by atoms with Crippen LogP contribution in [0.2, 0.25) is 0 Å². The molecule has 1 atom stereocenters. The summed E-state index contributed by atoms with van der Waals surface area (Å²) in [4.78, 5) is 28.0. The molecule has 1 N–H and O–H groups in total. The molecule has 0 fully saturated rings. The van der Waals surface area contributed by atoms with Gasteiger partial charge in [0, 0.05) is 17.3 Å². The molecule has 0 saturated carbocycles. The zero-order valence-corrected chi connectivity index (χ0v) is 15.9. The van der Waals surface area contributed by atoms with Gasteiger partial charge in [-0.2, -0.15) is 0 Å². The maximum Gasteiger partial charge on any atom is 0.251 e. The molecular formula is C24H19FN2O2. The van der Waals surface area contributed by atoms with E-state index in [0.717, 1.165) is 33.6 Å². The molecule has 4 rings (SSSR count). The lowest BCUT2D eigenvalue weighted by molar-refractivity contribution is 0.0945. The summed E-state index contributed by atoms with van der Waals surface area (Å²) >= 11 is 0. The monoisotopic (exact) mass is 386 g/mol. The topological polar surface area (TPSA) is 59.1 Å². The van der Waals surface area contributed by atoms with E-state index >= 15 is 0 Å². The fourth-order valence-electron chi connectivity index (χ4n) is 3.50. The predicted molar refractivity (Wildman–Crippen MR) is 110 cm³/mol. The number of rotatable bonds is 4. The summed E-state index contributed by atoms with van der Waals surface area (Å²) in [6.45, 7) is 1.95. The van der Waals surface area contributed by atoms with Crippen molar-refractivity contribution in [3.05, 3.63) is 88.3 Å². The number of hydrogen-bond donors (Lipinski definition) is 1. The van der Waals surface area contributed by atoms with Crippen LogP contribution in [0.1, 0.15) is 34.1 Å². The first kappa shape index (κ1) is 18.7. The van der Waals surface area contributed by atoms with Crippen molar-refractivity contribution in [2.75, 3.05) is 0 Å². The number of aldehydes is 1. The van der Waals surface area contributed by atoms with Crippen molar-refractivity contribution in [2.24, 2.45) is 0 Å². The van der Waals surface area contributed by atoms with Gasteiger partial charge in [0.15, 0.2) is 6.29 Å². The Morgan fingerprint density at radius 1 is 1.10 bits per heavy atom. The van der Waals surface area contributed by atoms with Gasteiger partial charge in [-0.15, -0.1) is 0 Å². The second-order valence-electron chi connectivity index (χ2n) is 7.06. The molecule has 29 heavy (non-hydrogen) atoms. The number of carbonyl (C=O) groups excluding carboxylic acids is 2. The molecule has 0 bridgehead atoms. The van der Waals surface area contributed by atoms with Crippen LogP contribution in [0.3, 0.4) is 0 Å². The van der Waals surface area contributed by atoms with Gasteiger partial charge in [0.1, 0.15) is 5.82 Å². The Hall–Kier alpha value is -3.60. The number of hydrogen-bond acceptors (Lipinski definition) is 3. The first-order valence-corrected chi connectivity index (χ1v) is 9.34. The maximum atomic E-state index is 13.1. The molecule has 0 aliphatic heterocycles. The Bertz CT molecular complexity index is 1200. The molecule has 1 heterocycles. The van der Waals surface area contributed by atoms with Crippen LogP contribution in [-0.4, -0.2) is 23.2 Å². The highest BCUT2D eigenvalue weighted by molar-refractivity contribution is 5.95. The molecule has 1 aliphatic carbocycles. The Morgan fingerprint density at radius 2 is 1.76 bits per heavy atom. The third kappa shape index (κ3) is 3.85. The van der Waals surface area contributed by atoms with Crippen LogP contribution in [0.15, 0.2) is 60.8 Å². The van der Waals surface area contributed by atoms with Crippen LogP contribution in [0.25, 0.3) is 22.8 Å². The zero-order chi connectivity index (χ0) is 20.4. The Balaban J connectivity index is 1.52. The number of nitrogens with zero attached hydrogens (tertiary/aromatic N) is 1. The number of pyridine rings is 1. The van der Waals surface area contributed by atoms with Gasteiger partial charge in [-0.25, -0.2) is 4.39 Å². The van der Waals surface area contributed by atoms with Gasteiger partial charge in [-0.05, 0) is 65.6 Å². The molecule has 144 valence electrons. The predicted octanol–water partition coefficient (Wildman–Crippen LogP) is 2.85. The van der Waals surface area contributed by atoms with E-state index in [0.29, 0.717) is 17.5 Å². The van der Waals surface area contributed by atoms with Gasteiger partial charge in [0.2, 0.25) is 0 Å². The second-order valence-corrected chi connectivity index (χ2v) is 7.06. The van der Waals surface area contributed by atoms with E-state index in [1.54, 1.807) is 30.5 Å². The van der Waals surface area contributed by atoms with Crippen LogP contribution < -0.4 is 15.9 Å². The molecule has 1 amide bonds. The van der Waals surface area contributed by atoms with Gasteiger partial charge in [-0.3, -0.25) is 14.6 Å². The molecule has 0 radical (unpaired) electrons. The summed E-state index contributed by atoms with van der Waals surface area (Å²) in [5.41, 5.74) is 3.87. The lowest BCUT2D eigenvalue weighted by Gasteiger charge is -2.21. The van der Waals surface area contributed by atoms with E-state index in [4.69, 9.17) is 0 Å². The van der Waals surface area contributed by atoms with E-state index in [-0.39, 0.29) is 17.8 Å². The number of fused-ring (bicyclic) bond motifs is 1. The lowest BCUT2D eigenvalue weighted by Crippen LogP contribution is -2.44. The largest absolute Gasteiger partial charge is 0.345 e. The van der Waals surface area contributed by atoms with E-state index in [1.807, 2.05) is 31.2 Å². The summed E-state index contributed by atoms with van der Waals surface area (Å²) in [5.74, 6) is -0.444. The van der Waals surface area contributed by atoms with E-state index in [1.165, 1.54) is 12.1 Å². The van der Waals surface area contributed by atoms with Gasteiger partial charge in [0.05, 0.1) is 11.4 Å². The molecule has 2 aromatic carbocycles. The fourth-order valence-corrected chi connectivity index (χ4v) is 3.50. The first-order valence-electron chi connectivity index (χ1n) is 9.34. The van der Waals surface area contributed by atoms with Crippen molar-refractivity contribution in [1.29, 1.82) is 0 Å². The van der Waals surface area contributed by atoms with Crippen LogP contribution in [-0.2, 0) is 0 Å². The third-order valence-corrected chi connectivity index (χ3v) is 5.17. The minimum Gasteiger partial charge on any atom is -0.345 e. The Labute approximate surface area is 167 Å². The molecule has 4 nitrogen and oxygen atoms in total. The van der Waals surface area contributed by atoms with Gasteiger partial charge in [0.25, 0.3) is 5.91 Å². The molecule has 0 spiro atoms. The molecule has 0 saturated heterocycles. The normalized spacial score (nSPS) is 15.2. The molecule has 1 aliphatic rings. The molecule has 1 unspecified atom stereocenters. The minimum atomic E-state index is -0.279. The van der Waals surface area contributed by atoms with Gasteiger partial charge >= 0.3 is 0 Å². The maximum absolute atomic E-state index is 13.1. The standard InChI is InChI=1S/C24H19FN2O2/c1-15-22(11-8-20-12-16(14-28)13-26-23(15)20)27-24(29)19-4-2-17(3-5-19)18-6-9-21(25)10-7-18/h2-10,12-14,22H,11H2,1H3,(H,27,29). The highest BCUT2D eigenvalue weighted by Gasteiger charge is 2.18. The van der Waals surface area contributed by atoms with Crippen molar-refractivity contribution in [3.8, 4) is 11.1 Å². The zero-order valence-electron chi connectivity index (χ0n) is 15.9. The van der Waals surface area contributed by atoms with E-state index in [9.17, 15) is 14.0 Å². The quantitative estimate of drug-likeness (QED) is 0.702. The van der Waals surface area contributed by atoms with Gasteiger partial charge < -0.3 is 5.32 Å². The Kier molecular flexibility index (Phi) is 5.04. The van der Waals surface area contributed by atoms with Crippen molar-refractivity contribution in [1.82, 2.24) is 10.3 Å². The van der Waals surface area contributed by atoms with Crippen molar-refractivity contribution in [3.63, 3.8) is 0 Å². The number of amides is 1. The second kappa shape index (κ2) is 7.80. The lowest BCUT2D eigenvalue weighted by atomic mass is 9.97. The average Bonchev–Trinajstić information content (AvgIpc) is 2.76. The highest BCUT2D eigenvalue weighted by Crippen LogP contribution is 2.20. The fraction of sp³-hybridized carbons (Fsp3) is 0.125. The summed E-state index contributed by atoms with van der Waals surface area (Å²) in [5, 5.41) is 4.78. The van der Waals surface area contributed by atoms with Crippen LogP contribution in [0.4, 0.5) is 4.39 Å². The van der Waals surface area contributed by atoms with Crippen molar-refractivity contribution in [2.45, 2.75) is 19.4 Å². The number of aromatic nitrogens is 1. The number of halogens is 1. The minimum absolute atomic E-state index is 0.152. The number of carbonyl (C=O) groups is 2. The van der Waals surface area contributed by atoms with Crippen LogP contribution in [0.5, 0.6) is 0 Å². The van der Waals surface area contributed by atoms with E-state index < -0.39 is 0 Å². The third-order valence-electron chi connectivity index (χ3n) is 5.17. The molecule has 1 aromatic heterocycles. The van der Waals surface area contributed by atoms with E-state index in [2.05, 4.69) is 10.3 Å².